The summed E-state index contributed by atoms with van der Waals surface area (Å²) in [6, 6.07) is 17.7. The van der Waals surface area contributed by atoms with Crippen molar-refractivity contribution in [2.75, 3.05) is 18.0 Å². The van der Waals surface area contributed by atoms with E-state index in [0.717, 1.165) is 42.9 Å². The second-order valence-electron chi connectivity index (χ2n) is 5.92. The number of ketones is 1. The maximum absolute atomic E-state index is 12.7. The van der Waals surface area contributed by atoms with Crippen molar-refractivity contribution in [3.8, 4) is 0 Å². The number of carbonyl (C=O) groups excluding carboxylic acids is 1. The van der Waals surface area contributed by atoms with Crippen LogP contribution in [0, 0.1) is 6.92 Å². The number of Topliss-reactive ketones (excluding diaryl/α,β-unsaturated/α-hetero) is 1. The summed E-state index contributed by atoms with van der Waals surface area (Å²) in [6.45, 7) is 3.28. The van der Waals surface area contributed by atoms with Crippen molar-refractivity contribution in [3.05, 3.63) is 65.7 Å². The first-order valence-corrected chi connectivity index (χ1v) is 8.20. The zero-order valence-electron chi connectivity index (χ0n) is 13.5. The van der Waals surface area contributed by atoms with E-state index in [1.54, 1.807) is 0 Å². The zero-order chi connectivity index (χ0) is 16.1. The first-order valence-electron chi connectivity index (χ1n) is 8.20. The summed E-state index contributed by atoms with van der Waals surface area (Å²) in [7, 11) is 0. The fraction of sp³-hybridized carbons (Fsp3) is 0.300. The number of anilines is 1. The Kier molecular flexibility index (Phi) is 4.86. The molecule has 0 aliphatic carbocycles. The molecule has 0 saturated heterocycles. The van der Waals surface area contributed by atoms with Crippen LogP contribution in [0.1, 0.15) is 35.2 Å². The summed E-state index contributed by atoms with van der Waals surface area (Å²) in [5, 5.41) is 0. The molecule has 0 unspecified atom stereocenters. The standard InChI is InChI=1S/C20H22N2O/c1-16-9-5-6-12-18(16)22(20-13-7-8-14-21-20)15-19(23)17-10-3-2-4-11-17/h2-6,9-12H,7-8,13-15H2,1H3. The number of hydrogen-bond acceptors (Lipinski definition) is 3. The highest BCUT2D eigenvalue weighted by Crippen LogP contribution is 2.23. The molecule has 0 bridgehead atoms. The Balaban J connectivity index is 1.91. The van der Waals surface area contributed by atoms with Gasteiger partial charge in [0.2, 0.25) is 0 Å². The monoisotopic (exact) mass is 306 g/mol. The summed E-state index contributed by atoms with van der Waals surface area (Å²) in [5.41, 5.74) is 3.00. The molecule has 3 heteroatoms. The number of hydrogen-bond donors (Lipinski definition) is 0. The van der Waals surface area contributed by atoms with Crippen molar-refractivity contribution in [2.24, 2.45) is 4.99 Å². The lowest BCUT2D eigenvalue weighted by molar-refractivity contribution is 0.100. The van der Waals surface area contributed by atoms with Gasteiger partial charge in [-0.05, 0) is 31.4 Å². The van der Waals surface area contributed by atoms with E-state index in [9.17, 15) is 4.79 Å². The minimum absolute atomic E-state index is 0.127. The van der Waals surface area contributed by atoms with E-state index < -0.39 is 0 Å². The van der Waals surface area contributed by atoms with E-state index in [2.05, 4.69) is 28.9 Å². The molecule has 0 atom stereocenters. The normalized spacial score (nSPS) is 14.2. The van der Waals surface area contributed by atoms with Crippen molar-refractivity contribution < 1.29 is 4.79 Å². The van der Waals surface area contributed by atoms with Gasteiger partial charge in [0.25, 0.3) is 0 Å². The van der Waals surface area contributed by atoms with Crippen LogP contribution in [0.25, 0.3) is 0 Å². The molecule has 23 heavy (non-hydrogen) atoms. The predicted molar refractivity (Wildman–Crippen MR) is 95.5 cm³/mol. The number of amidine groups is 1. The molecule has 0 saturated carbocycles. The van der Waals surface area contributed by atoms with E-state index in [1.165, 1.54) is 5.56 Å². The van der Waals surface area contributed by atoms with Crippen LogP contribution in [-0.4, -0.2) is 24.7 Å². The Hall–Kier alpha value is -2.42. The van der Waals surface area contributed by atoms with Gasteiger partial charge in [0.1, 0.15) is 5.84 Å². The number of benzene rings is 2. The number of aryl methyl sites for hydroxylation is 1. The molecular weight excluding hydrogens is 284 g/mol. The Bertz CT molecular complexity index is 707. The van der Waals surface area contributed by atoms with Gasteiger partial charge in [0.05, 0.1) is 6.54 Å². The Morgan fingerprint density at radius 2 is 1.78 bits per heavy atom. The van der Waals surface area contributed by atoms with Crippen LogP contribution in [0.3, 0.4) is 0 Å². The molecule has 2 aromatic rings. The lowest BCUT2D eigenvalue weighted by atomic mass is 10.1. The molecule has 0 spiro atoms. The molecule has 0 aromatic heterocycles. The van der Waals surface area contributed by atoms with Crippen LogP contribution >= 0.6 is 0 Å². The SMILES string of the molecule is Cc1ccccc1N(CC(=O)c1ccccc1)C1=NCCCC1. The predicted octanol–water partition coefficient (Wildman–Crippen LogP) is 4.27. The Morgan fingerprint density at radius 3 is 2.48 bits per heavy atom. The highest BCUT2D eigenvalue weighted by molar-refractivity contribution is 6.07. The second kappa shape index (κ2) is 7.23. The quantitative estimate of drug-likeness (QED) is 0.790. The van der Waals surface area contributed by atoms with E-state index in [4.69, 9.17) is 0 Å². The molecule has 1 heterocycles. The van der Waals surface area contributed by atoms with Crippen molar-refractivity contribution in [2.45, 2.75) is 26.2 Å². The van der Waals surface area contributed by atoms with Crippen molar-refractivity contribution in [1.29, 1.82) is 0 Å². The number of para-hydroxylation sites is 1. The van der Waals surface area contributed by atoms with Gasteiger partial charge in [0, 0.05) is 24.2 Å². The molecule has 0 fully saturated rings. The number of rotatable bonds is 4. The van der Waals surface area contributed by atoms with Crippen LogP contribution in [0.5, 0.6) is 0 Å². The van der Waals surface area contributed by atoms with Gasteiger partial charge in [-0.1, -0.05) is 48.5 Å². The van der Waals surface area contributed by atoms with Crippen LogP contribution < -0.4 is 4.90 Å². The molecular formula is C20H22N2O. The van der Waals surface area contributed by atoms with Crippen molar-refractivity contribution >= 4 is 17.3 Å². The first-order chi connectivity index (χ1) is 11.3. The van der Waals surface area contributed by atoms with E-state index in [0.29, 0.717) is 6.54 Å². The first kappa shape index (κ1) is 15.5. The molecule has 3 nitrogen and oxygen atoms in total. The average molecular weight is 306 g/mol. The molecule has 118 valence electrons. The lowest BCUT2D eigenvalue weighted by Crippen LogP contribution is -2.37. The van der Waals surface area contributed by atoms with Crippen LogP contribution in [0.4, 0.5) is 5.69 Å². The minimum atomic E-state index is 0.127. The molecule has 3 rings (SSSR count). The molecule has 2 aromatic carbocycles. The summed E-state index contributed by atoms with van der Waals surface area (Å²) in [5.74, 6) is 1.16. The number of aliphatic imine (C=N–C) groups is 1. The van der Waals surface area contributed by atoms with Gasteiger partial charge < -0.3 is 4.90 Å². The van der Waals surface area contributed by atoms with Gasteiger partial charge >= 0.3 is 0 Å². The lowest BCUT2D eigenvalue weighted by Gasteiger charge is -2.29. The minimum Gasteiger partial charge on any atom is -0.322 e. The number of carbonyl (C=O) groups is 1. The zero-order valence-corrected chi connectivity index (χ0v) is 13.5. The summed E-state index contributed by atoms with van der Waals surface area (Å²) in [6.07, 6.45) is 3.22. The van der Waals surface area contributed by atoms with Gasteiger partial charge in [-0.3, -0.25) is 9.79 Å². The fourth-order valence-corrected chi connectivity index (χ4v) is 2.94. The summed E-state index contributed by atoms with van der Waals surface area (Å²) in [4.78, 5) is 19.5. The fourth-order valence-electron chi connectivity index (χ4n) is 2.94. The van der Waals surface area contributed by atoms with Crippen LogP contribution in [-0.2, 0) is 0 Å². The number of nitrogens with zero attached hydrogens (tertiary/aromatic N) is 2. The van der Waals surface area contributed by atoms with Gasteiger partial charge in [-0.15, -0.1) is 0 Å². The molecule has 1 aliphatic rings. The molecule has 0 N–H and O–H groups in total. The largest absolute Gasteiger partial charge is 0.322 e. The van der Waals surface area contributed by atoms with Gasteiger partial charge in [-0.25, -0.2) is 0 Å². The van der Waals surface area contributed by atoms with Gasteiger partial charge in [-0.2, -0.15) is 0 Å². The molecule has 0 radical (unpaired) electrons. The van der Waals surface area contributed by atoms with Crippen molar-refractivity contribution in [1.82, 2.24) is 0 Å². The topological polar surface area (TPSA) is 32.7 Å². The molecule has 1 aliphatic heterocycles. The third-order valence-electron chi connectivity index (χ3n) is 4.22. The highest BCUT2D eigenvalue weighted by atomic mass is 16.1. The van der Waals surface area contributed by atoms with Crippen LogP contribution in [0.15, 0.2) is 59.6 Å². The average Bonchev–Trinajstić information content (AvgIpc) is 2.62. The van der Waals surface area contributed by atoms with Crippen LogP contribution in [0.2, 0.25) is 0 Å². The van der Waals surface area contributed by atoms with E-state index in [-0.39, 0.29) is 5.78 Å². The third kappa shape index (κ3) is 3.67. The van der Waals surface area contributed by atoms with Crippen molar-refractivity contribution in [3.63, 3.8) is 0 Å². The third-order valence-corrected chi connectivity index (χ3v) is 4.22. The second-order valence-corrected chi connectivity index (χ2v) is 5.92. The Labute approximate surface area is 137 Å². The summed E-state index contributed by atoms with van der Waals surface area (Å²) >= 11 is 0. The maximum Gasteiger partial charge on any atom is 0.182 e. The van der Waals surface area contributed by atoms with E-state index in [1.807, 2.05) is 42.5 Å². The highest BCUT2D eigenvalue weighted by Gasteiger charge is 2.20. The Morgan fingerprint density at radius 1 is 1.04 bits per heavy atom. The smallest absolute Gasteiger partial charge is 0.182 e. The van der Waals surface area contributed by atoms with Gasteiger partial charge in [0.15, 0.2) is 5.78 Å². The summed E-state index contributed by atoms with van der Waals surface area (Å²) < 4.78 is 0. The van der Waals surface area contributed by atoms with E-state index >= 15 is 0 Å². The maximum atomic E-state index is 12.7. The molecule has 0 amide bonds.